The maximum Gasteiger partial charge on any atom is 1.00 e. The summed E-state index contributed by atoms with van der Waals surface area (Å²) in [6.45, 7) is 7.98. The number of aliphatic imine (C=N–C) groups is 1. The Bertz CT molecular complexity index is 403. The van der Waals surface area contributed by atoms with Crippen LogP contribution in [0.5, 0.6) is 0 Å². The molecule has 0 unspecified atom stereocenters. The van der Waals surface area contributed by atoms with Crippen molar-refractivity contribution in [2.24, 2.45) is 10.7 Å². The van der Waals surface area contributed by atoms with E-state index in [9.17, 15) is 4.79 Å². The van der Waals surface area contributed by atoms with E-state index in [-0.39, 0.29) is 52.6 Å². The maximum absolute atomic E-state index is 10.0. The Hall–Kier alpha value is -0.575. The van der Waals surface area contributed by atoms with E-state index in [1.165, 1.54) is 0 Å². The van der Waals surface area contributed by atoms with Gasteiger partial charge in [-0.2, -0.15) is 0 Å². The Morgan fingerprint density at radius 1 is 1.07 bits per heavy atom. The maximum atomic E-state index is 10.0. The second-order valence-corrected chi connectivity index (χ2v) is 5.07. The standard InChI is InChI=1S/C7H6O.C5H13NO.C5H11NO.C3H9NO.B.Na.H/c8-6-7-4-2-1-3-5-7;2*1-2-6-4-3-5-7;4-2-1-3-5;;;/h1-6H;6-7H,2-5H2,1H3;2,7H,3-5H2,1H3;5H,1-4H2;;;/q;;;;;+1;-1. The van der Waals surface area contributed by atoms with E-state index in [4.69, 9.17) is 21.1 Å². The summed E-state index contributed by atoms with van der Waals surface area (Å²) in [6, 6.07) is 9.10. The van der Waals surface area contributed by atoms with Crippen molar-refractivity contribution in [1.29, 1.82) is 0 Å². The third-order valence-electron chi connectivity index (χ3n) is 2.69. The second kappa shape index (κ2) is 41.7. The number of aliphatic hydroxyl groups is 3. The average molecular weight is 420 g/mol. The molecule has 1 rings (SSSR count). The number of benzene rings is 1. The number of aliphatic hydroxyl groups excluding tert-OH is 3. The quantitative estimate of drug-likeness (QED) is 0.129. The molecule has 0 amide bonds. The molecule has 29 heavy (non-hydrogen) atoms. The van der Waals surface area contributed by atoms with Crippen LogP contribution in [-0.4, -0.2) is 82.2 Å². The number of carbonyl (C=O) groups excluding carboxylic acids is 1. The minimum atomic E-state index is 0. The number of nitrogens with one attached hydrogen (secondary N) is 1. The van der Waals surface area contributed by atoms with Crippen LogP contribution in [0.3, 0.4) is 0 Å². The van der Waals surface area contributed by atoms with E-state index >= 15 is 0 Å². The van der Waals surface area contributed by atoms with Crippen LogP contribution in [0, 0.1) is 0 Å². The van der Waals surface area contributed by atoms with Gasteiger partial charge in [0.05, 0.1) is 0 Å². The Balaban J connectivity index is -0.0000000627. The molecule has 9 heteroatoms. The number of rotatable bonds is 10. The van der Waals surface area contributed by atoms with Gasteiger partial charge in [-0.25, -0.2) is 0 Å². The summed E-state index contributed by atoms with van der Waals surface area (Å²) < 4.78 is 0. The van der Waals surface area contributed by atoms with E-state index in [1.807, 2.05) is 25.1 Å². The van der Waals surface area contributed by atoms with Gasteiger partial charge in [-0.3, -0.25) is 9.79 Å². The van der Waals surface area contributed by atoms with Gasteiger partial charge in [-0.15, -0.1) is 0 Å². The molecule has 1 aromatic carbocycles. The van der Waals surface area contributed by atoms with Crippen LogP contribution in [-0.2, 0) is 0 Å². The van der Waals surface area contributed by atoms with Gasteiger partial charge >= 0.3 is 29.6 Å². The van der Waals surface area contributed by atoms with Crippen LogP contribution in [0.2, 0.25) is 0 Å². The third kappa shape index (κ3) is 47.0. The molecule has 0 aliphatic carbocycles. The summed E-state index contributed by atoms with van der Waals surface area (Å²) in [6.07, 6.45) is 4.95. The smallest absolute Gasteiger partial charge is 1.00 e. The molecule has 0 saturated carbocycles. The first-order chi connectivity index (χ1) is 13.2. The molecule has 0 spiro atoms. The summed E-state index contributed by atoms with van der Waals surface area (Å²) in [5, 5.41) is 27.5. The van der Waals surface area contributed by atoms with E-state index in [2.05, 4.69) is 17.2 Å². The topological polar surface area (TPSA) is 128 Å². The fourth-order valence-electron chi connectivity index (χ4n) is 1.29. The average Bonchev–Trinajstić information content (AvgIpc) is 2.71. The molecule has 0 aliphatic heterocycles. The van der Waals surface area contributed by atoms with Crippen LogP contribution in [0.25, 0.3) is 0 Å². The third-order valence-corrected chi connectivity index (χ3v) is 2.69. The largest absolute Gasteiger partial charge is 1.00 e. The second-order valence-electron chi connectivity index (χ2n) is 5.07. The summed E-state index contributed by atoms with van der Waals surface area (Å²) in [7, 11) is 0. The summed E-state index contributed by atoms with van der Waals surface area (Å²) in [5.41, 5.74) is 5.71. The van der Waals surface area contributed by atoms with Crippen molar-refractivity contribution in [2.45, 2.75) is 33.1 Å². The monoisotopic (exact) mass is 420 g/mol. The van der Waals surface area contributed by atoms with Gasteiger partial charge in [0.15, 0.2) is 0 Å². The molecule has 0 fully saturated rings. The van der Waals surface area contributed by atoms with E-state index < -0.39 is 0 Å². The summed E-state index contributed by atoms with van der Waals surface area (Å²) in [5.74, 6) is 0. The van der Waals surface area contributed by atoms with Crippen molar-refractivity contribution in [1.82, 2.24) is 5.32 Å². The first-order valence-electron chi connectivity index (χ1n) is 9.36. The Morgan fingerprint density at radius 2 is 1.62 bits per heavy atom. The number of carbonyl (C=O) groups is 1. The summed E-state index contributed by atoms with van der Waals surface area (Å²) in [4.78, 5) is 13.9. The van der Waals surface area contributed by atoms with Gasteiger partial charge in [0.2, 0.25) is 0 Å². The normalized spacial score (nSPS) is 8.62. The molecule has 0 saturated heterocycles. The van der Waals surface area contributed by atoms with Gasteiger partial charge < -0.3 is 27.8 Å². The summed E-state index contributed by atoms with van der Waals surface area (Å²) >= 11 is 0. The fraction of sp³-hybridized carbons (Fsp3) is 0.600. The first-order valence-corrected chi connectivity index (χ1v) is 9.36. The Kier molecular flexibility index (Phi) is 56.0. The molecule has 6 N–H and O–H groups in total. The van der Waals surface area contributed by atoms with Crippen LogP contribution in [0.1, 0.15) is 44.9 Å². The molecule has 7 nitrogen and oxygen atoms in total. The zero-order valence-corrected chi connectivity index (χ0v) is 20.5. The van der Waals surface area contributed by atoms with Crippen molar-refractivity contribution in [3.63, 3.8) is 0 Å². The number of hydrogen-bond donors (Lipinski definition) is 5. The molecule has 1 aromatic rings. The van der Waals surface area contributed by atoms with Gasteiger partial charge in [-0.1, -0.05) is 37.3 Å². The van der Waals surface area contributed by atoms with Crippen molar-refractivity contribution in [2.75, 3.05) is 46.0 Å². The van der Waals surface area contributed by atoms with Crippen LogP contribution in [0.15, 0.2) is 35.3 Å². The molecule has 0 atom stereocenters. The zero-order valence-electron chi connectivity index (χ0n) is 19.5. The van der Waals surface area contributed by atoms with Crippen molar-refractivity contribution in [3.8, 4) is 0 Å². The predicted octanol–water partition coefficient (Wildman–Crippen LogP) is -2.00. The Labute approximate surface area is 202 Å². The Morgan fingerprint density at radius 3 is 1.93 bits per heavy atom. The van der Waals surface area contributed by atoms with Crippen molar-refractivity contribution >= 4 is 20.9 Å². The molecule has 0 aromatic heterocycles. The minimum absolute atomic E-state index is 0. The molecule has 0 aliphatic rings. The molecule has 163 valence electrons. The predicted molar refractivity (Wildman–Crippen MR) is 120 cm³/mol. The number of nitrogens with two attached hydrogens (primary N) is 1. The van der Waals surface area contributed by atoms with E-state index in [0.29, 0.717) is 13.2 Å². The van der Waals surface area contributed by atoms with E-state index in [0.717, 1.165) is 50.7 Å². The first kappa shape index (κ1) is 39.0. The number of nitrogens with zero attached hydrogens (tertiary/aromatic N) is 1. The van der Waals surface area contributed by atoms with Crippen LogP contribution in [0.4, 0.5) is 0 Å². The van der Waals surface area contributed by atoms with Crippen molar-refractivity contribution < 1.29 is 51.1 Å². The van der Waals surface area contributed by atoms with Gasteiger partial charge in [0.25, 0.3) is 0 Å². The molecule has 3 radical (unpaired) electrons. The fourth-order valence-corrected chi connectivity index (χ4v) is 1.29. The van der Waals surface area contributed by atoms with E-state index in [1.54, 1.807) is 18.3 Å². The minimum Gasteiger partial charge on any atom is -1.00 e. The van der Waals surface area contributed by atoms with Gasteiger partial charge in [-0.05, 0) is 52.0 Å². The van der Waals surface area contributed by atoms with Gasteiger partial charge in [0.1, 0.15) is 6.29 Å². The zero-order chi connectivity index (χ0) is 21.0. The van der Waals surface area contributed by atoms with Crippen LogP contribution < -0.4 is 40.6 Å². The molecular weight excluding hydrogens is 380 g/mol. The SMILES string of the molecule is CC=NCCCO.CCNCCCO.NCCCO.O=Cc1ccccc1.[B].[H-].[Na+]. The van der Waals surface area contributed by atoms with Crippen molar-refractivity contribution in [3.05, 3.63) is 35.9 Å². The van der Waals surface area contributed by atoms with Gasteiger partial charge in [0, 0.05) is 40.3 Å². The number of aldehydes is 1. The molecular formula is C20H40BN3NaO4. The number of hydrogen-bond acceptors (Lipinski definition) is 7. The van der Waals surface area contributed by atoms with Crippen LogP contribution >= 0.6 is 0 Å². The molecule has 0 bridgehead atoms. The molecule has 0 heterocycles.